The first-order valence-electron chi connectivity index (χ1n) is 5.84. The second-order valence-electron chi connectivity index (χ2n) is 4.33. The fourth-order valence-corrected chi connectivity index (χ4v) is 1.91. The van der Waals surface area contributed by atoms with Crippen molar-refractivity contribution >= 4 is 5.97 Å². The Morgan fingerprint density at radius 3 is 3.06 bits per heavy atom. The van der Waals surface area contributed by atoms with Crippen molar-refractivity contribution in [2.24, 2.45) is 5.92 Å². The van der Waals surface area contributed by atoms with Gasteiger partial charge in [0.2, 0.25) is 0 Å². The predicted octanol–water partition coefficient (Wildman–Crippen LogP) is 2.08. The molecule has 1 atom stereocenters. The van der Waals surface area contributed by atoms with Crippen LogP contribution in [0.4, 0.5) is 4.39 Å². The highest BCUT2D eigenvalue weighted by atomic mass is 19.1. The van der Waals surface area contributed by atoms with E-state index in [9.17, 15) is 9.18 Å². The van der Waals surface area contributed by atoms with Crippen LogP contribution in [0.2, 0.25) is 0 Å². The lowest BCUT2D eigenvalue weighted by Crippen LogP contribution is -2.10. The maximum absolute atomic E-state index is 13.7. The largest absolute Gasteiger partial charge is 0.478 e. The van der Waals surface area contributed by atoms with Gasteiger partial charge in [0, 0.05) is 18.1 Å². The number of carbonyl (C=O) groups is 1. The summed E-state index contributed by atoms with van der Waals surface area (Å²) in [7, 11) is 0. The summed E-state index contributed by atoms with van der Waals surface area (Å²) in [6.07, 6.45) is 0.956. The minimum absolute atomic E-state index is 0.0868. The highest BCUT2D eigenvalue weighted by Gasteiger charge is 2.17. The highest BCUT2D eigenvalue weighted by molar-refractivity contribution is 5.88. The zero-order valence-corrected chi connectivity index (χ0v) is 9.89. The van der Waals surface area contributed by atoms with Gasteiger partial charge in [0.1, 0.15) is 5.82 Å². The zero-order chi connectivity index (χ0) is 13.0. The lowest BCUT2D eigenvalue weighted by atomic mass is 10.1. The van der Waals surface area contributed by atoms with Gasteiger partial charge in [0.25, 0.3) is 0 Å². The standard InChI is InChI=1S/C13H15FO4/c14-12-10(2-1-3-11(12)13(15)16)8-18-7-9-4-5-17-6-9/h1-3,9H,4-8H2,(H,15,16). The fourth-order valence-electron chi connectivity index (χ4n) is 1.91. The first-order chi connectivity index (χ1) is 8.68. The van der Waals surface area contributed by atoms with Gasteiger partial charge in [-0.1, -0.05) is 12.1 Å². The molecule has 1 N–H and O–H groups in total. The minimum Gasteiger partial charge on any atom is -0.478 e. The molecule has 1 aromatic rings. The fraction of sp³-hybridized carbons (Fsp3) is 0.462. The third-order valence-electron chi connectivity index (χ3n) is 2.94. The quantitative estimate of drug-likeness (QED) is 0.874. The first kappa shape index (κ1) is 13.0. The van der Waals surface area contributed by atoms with Crippen molar-refractivity contribution in [1.82, 2.24) is 0 Å². The number of aromatic carboxylic acids is 1. The SMILES string of the molecule is O=C(O)c1cccc(COCC2CCOC2)c1F. The Hall–Kier alpha value is -1.46. The summed E-state index contributed by atoms with van der Waals surface area (Å²) in [4.78, 5) is 10.8. The lowest BCUT2D eigenvalue weighted by molar-refractivity contribution is 0.0686. The van der Waals surface area contributed by atoms with Gasteiger partial charge in [-0.15, -0.1) is 0 Å². The van der Waals surface area contributed by atoms with Crippen molar-refractivity contribution in [2.45, 2.75) is 13.0 Å². The van der Waals surface area contributed by atoms with Gasteiger partial charge in [0.05, 0.1) is 25.4 Å². The highest BCUT2D eigenvalue weighted by Crippen LogP contribution is 2.16. The van der Waals surface area contributed by atoms with Crippen LogP contribution in [0, 0.1) is 11.7 Å². The van der Waals surface area contributed by atoms with E-state index in [0.29, 0.717) is 19.1 Å². The smallest absolute Gasteiger partial charge is 0.338 e. The van der Waals surface area contributed by atoms with E-state index in [1.165, 1.54) is 18.2 Å². The normalized spacial score (nSPS) is 19.1. The van der Waals surface area contributed by atoms with Crippen molar-refractivity contribution in [2.75, 3.05) is 19.8 Å². The number of carboxylic acid groups (broad SMARTS) is 1. The van der Waals surface area contributed by atoms with Crippen molar-refractivity contribution in [1.29, 1.82) is 0 Å². The van der Waals surface area contributed by atoms with Gasteiger partial charge in [0.15, 0.2) is 0 Å². The Labute approximate surface area is 104 Å². The Morgan fingerprint density at radius 1 is 1.56 bits per heavy atom. The van der Waals surface area contributed by atoms with Gasteiger partial charge in [-0.3, -0.25) is 0 Å². The van der Waals surface area contributed by atoms with Crippen LogP contribution >= 0.6 is 0 Å². The molecule has 1 saturated heterocycles. The number of benzene rings is 1. The van der Waals surface area contributed by atoms with Gasteiger partial charge in [-0.25, -0.2) is 9.18 Å². The van der Waals surface area contributed by atoms with Crippen LogP contribution in [0.5, 0.6) is 0 Å². The molecule has 1 heterocycles. The van der Waals surface area contributed by atoms with Crippen LogP contribution in [-0.2, 0) is 16.1 Å². The number of ether oxygens (including phenoxy) is 2. The van der Waals surface area contributed by atoms with E-state index >= 15 is 0 Å². The molecule has 2 rings (SSSR count). The third-order valence-corrected chi connectivity index (χ3v) is 2.94. The minimum atomic E-state index is -1.27. The first-order valence-corrected chi connectivity index (χ1v) is 5.84. The van der Waals surface area contributed by atoms with E-state index in [4.69, 9.17) is 14.6 Å². The number of hydrogen-bond acceptors (Lipinski definition) is 3. The Bertz CT molecular complexity index is 427. The van der Waals surface area contributed by atoms with Gasteiger partial charge in [-0.05, 0) is 12.5 Å². The predicted molar refractivity (Wildman–Crippen MR) is 61.9 cm³/mol. The van der Waals surface area contributed by atoms with E-state index < -0.39 is 11.8 Å². The number of rotatable bonds is 5. The van der Waals surface area contributed by atoms with Crippen molar-refractivity contribution < 1.29 is 23.8 Å². The Kier molecular flexibility index (Phi) is 4.28. The van der Waals surface area contributed by atoms with Crippen LogP contribution in [0.25, 0.3) is 0 Å². The number of halogens is 1. The number of hydrogen-bond donors (Lipinski definition) is 1. The van der Waals surface area contributed by atoms with Crippen LogP contribution < -0.4 is 0 Å². The summed E-state index contributed by atoms with van der Waals surface area (Å²) in [6.45, 7) is 2.02. The molecule has 0 aliphatic carbocycles. The molecule has 0 saturated carbocycles. The molecule has 0 radical (unpaired) electrons. The monoisotopic (exact) mass is 254 g/mol. The molecule has 1 aliphatic rings. The summed E-state index contributed by atoms with van der Waals surface area (Å²) in [5.41, 5.74) is -0.0471. The molecule has 0 bridgehead atoms. The Balaban J connectivity index is 1.92. The lowest BCUT2D eigenvalue weighted by Gasteiger charge is -2.10. The maximum Gasteiger partial charge on any atom is 0.338 e. The van der Waals surface area contributed by atoms with Crippen LogP contribution in [0.1, 0.15) is 22.3 Å². The molecule has 0 amide bonds. The molecule has 1 fully saturated rings. The molecule has 0 aromatic heterocycles. The van der Waals surface area contributed by atoms with Crippen molar-refractivity contribution in [3.8, 4) is 0 Å². The topological polar surface area (TPSA) is 55.8 Å². The van der Waals surface area contributed by atoms with E-state index in [1.54, 1.807) is 0 Å². The molecule has 1 aromatic carbocycles. The molecule has 1 aliphatic heterocycles. The molecule has 18 heavy (non-hydrogen) atoms. The van der Waals surface area contributed by atoms with Crippen LogP contribution in [0.15, 0.2) is 18.2 Å². The molecule has 1 unspecified atom stereocenters. The zero-order valence-electron chi connectivity index (χ0n) is 9.89. The van der Waals surface area contributed by atoms with E-state index in [2.05, 4.69) is 0 Å². The van der Waals surface area contributed by atoms with E-state index in [-0.39, 0.29) is 17.7 Å². The van der Waals surface area contributed by atoms with Gasteiger partial charge in [-0.2, -0.15) is 0 Å². The van der Waals surface area contributed by atoms with E-state index in [1.807, 2.05) is 0 Å². The third kappa shape index (κ3) is 3.05. The molecule has 4 nitrogen and oxygen atoms in total. The molecular formula is C13H15FO4. The molecule has 0 spiro atoms. The summed E-state index contributed by atoms with van der Waals surface area (Å²) in [6, 6.07) is 4.29. The average Bonchev–Trinajstić information content (AvgIpc) is 2.84. The van der Waals surface area contributed by atoms with E-state index in [0.717, 1.165) is 13.0 Å². The van der Waals surface area contributed by atoms with Crippen molar-refractivity contribution in [3.63, 3.8) is 0 Å². The average molecular weight is 254 g/mol. The van der Waals surface area contributed by atoms with Gasteiger partial charge >= 0.3 is 5.97 Å². The summed E-state index contributed by atoms with van der Waals surface area (Å²) in [5.74, 6) is -1.62. The Morgan fingerprint density at radius 2 is 2.39 bits per heavy atom. The maximum atomic E-state index is 13.7. The summed E-state index contributed by atoms with van der Waals surface area (Å²) in [5, 5.41) is 8.79. The van der Waals surface area contributed by atoms with Crippen LogP contribution in [-0.4, -0.2) is 30.9 Å². The number of carboxylic acids is 1. The van der Waals surface area contributed by atoms with Crippen molar-refractivity contribution in [3.05, 3.63) is 35.1 Å². The second kappa shape index (κ2) is 5.93. The second-order valence-corrected chi connectivity index (χ2v) is 4.33. The summed E-state index contributed by atoms with van der Waals surface area (Å²) >= 11 is 0. The summed E-state index contributed by atoms with van der Waals surface area (Å²) < 4.78 is 24.3. The van der Waals surface area contributed by atoms with Gasteiger partial charge < -0.3 is 14.6 Å². The molecule has 5 heteroatoms. The molecule has 98 valence electrons. The molecular weight excluding hydrogens is 239 g/mol. The van der Waals surface area contributed by atoms with Crippen LogP contribution in [0.3, 0.4) is 0 Å².